The Balaban J connectivity index is 0.000000200. The summed E-state index contributed by atoms with van der Waals surface area (Å²) in [5.74, 6) is -0.0664. The second kappa shape index (κ2) is 7.26. The van der Waals surface area contributed by atoms with E-state index in [1.54, 1.807) is 0 Å². The number of benzene rings is 2. The van der Waals surface area contributed by atoms with Crippen molar-refractivity contribution < 1.29 is 20.4 Å². The minimum Gasteiger partial charge on any atom is -0.507 e. The van der Waals surface area contributed by atoms with Gasteiger partial charge >= 0.3 is 0 Å². The third-order valence-corrected chi connectivity index (χ3v) is 4.80. The van der Waals surface area contributed by atoms with E-state index in [0.717, 1.165) is 0 Å². The Hall–Kier alpha value is -0.820. The van der Waals surface area contributed by atoms with E-state index >= 15 is 0 Å². The van der Waals surface area contributed by atoms with Crippen LogP contribution in [0, 0.1) is 0 Å². The second-order valence-electron chi connectivity index (χ2n) is 3.49. The molecular weight excluding hydrogens is 439 g/mol. The molecule has 4 N–H and O–H groups in total. The molecule has 20 heavy (non-hydrogen) atoms. The molecule has 0 aliphatic carbocycles. The summed E-state index contributed by atoms with van der Waals surface area (Å²) in [6.07, 6.45) is 0. The lowest BCUT2D eigenvalue weighted by atomic mass is 10.3. The summed E-state index contributed by atoms with van der Waals surface area (Å²) in [4.78, 5) is 0. The van der Waals surface area contributed by atoms with Gasteiger partial charge in [0.15, 0.2) is 0 Å². The molecule has 0 fully saturated rings. The van der Waals surface area contributed by atoms with E-state index in [4.69, 9.17) is 43.6 Å². The van der Waals surface area contributed by atoms with E-state index in [1.165, 1.54) is 24.3 Å². The van der Waals surface area contributed by atoms with Gasteiger partial charge in [0.25, 0.3) is 0 Å². The summed E-state index contributed by atoms with van der Waals surface area (Å²) in [5.41, 5.74) is 0. The molecule has 0 saturated heterocycles. The van der Waals surface area contributed by atoms with Crippen molar-refractivity contribution >= 4 is 55.1 Å². The number of aromatic hydroxyl groups is 4. The fraction of sp³-hybridized carbons (Fsp3) is 0. The minimum absolute atomic E-state index is 0.0851. The Morgan fingerprint density at radius 2 is 0.950 bits per heavy atom. The van der Waals surface area contributed by atoms with Gasteiger partial charge in [-0.1, -0.05) is 23.2 Å². The van der Waals surface area contributed by atoms with E-state index in [1.807, 2.05) is 0 Å². The van der Waals surface area contributed by atoms with Crippen LogP contribution in [0.25, 0.3) is 0 Å². The predicted octanol–water partition coefficient (Wildman–Crippen LogP) is 5.03. The highest BCUT2D eigenvalue weighted by Gasteiger charge is 2.05. The maximum absolute atomic E-state index is 9.04. The normalized spacial score (nSPS) is 9.80. The molecule has 0 aliphatic heterocycles. The molecule has 4 nitrogen and oxygen atoms in total. The zero-order valence-electron chi connectivity index (χ0n) is 9.61. The number of hydrogen-bond donors (Lipinski definition) is 4. The van der Waals surface area contributed by atoms with E-state index < -0.39 is 0 Å². The highest BCUT2D eigenvalue weighted by molar-refractivity contribution is 9.13. The Kier molecular flexibility index (Phi) is 6.26. The molecule has 0 bridgehead atoms. The van der Waals surface area contributed by atoms with Gasteiger partial charge in [0.2, 0.25) is 0 Å². The van der Waals surface area contributed by atoms with Gasteiger partial charge in [-0.2, -0.15) is 0 Å². The summed E-state index contributed by atoms with van der Waals surface area (Å²) in [5, 5.41) is 36.0. The van der Waals surface area contributed by atoms with Crippen molar-refractivity contribution in [3.63, 3.8) is 0 Å². The van der Waals surface area contributed by atoms with Crippen LogP contribution in [0.15, 0.2) is 33.2 Å². The highest BCUT2D eigenvalue weighted by Crippen LogP contribution is 2.37. The highest BCUT2D eigenvalue weighted by atomic mass is 79.9. The van der Waals surface area contributed by atoms with Crippen LogP contribution in [-0.2, 0) is 0 Å². The monoisotopic (exact) mass is 444 g/mol. The zero-order valence-corrected chi connectivity index (χ0v) is 14.3. The lowest BCUT2D eigenvalue weighted by Crippen LogP contribution is -1.72. The molecule has 0 aliphatic rings. The molecule has 8 heteroatoms. The molecule has 0 radical (unpaired) electrons. The van der Waals surface area contributed by atoms with Crippen molar-refractivity contribution in [3.8, 4) is 23.0 Å². The Morgan fingerprint density at radius 3 is 1.25 bits per heavy atom. The van der Waals surface area contributed by atoms with Crippen molar-refractivity contribution in [2.75, 3.05) is 0 Å². The summed E-state index contributed by atoms with van der Waals surface area (Å²) < 4.78 is 0.931. The molecule has 0 spiro atoms. The largest absolute Gasteiger partial charge is 0.507 e. The SMILES string of the molecule is Oc1cc(Cl)c(O)cc1Cl.Oc1ccc(O)c(Br)c1Br. The second-order valence-corrected chi connectivity index (χ2v) is 5.89. The van der Waals surface area contributed by atoms with Gasteiger partial charge in [0.05, 0.1) is 19.0 Å². The molecule has 0 saturated carbocycles. The van der Waals surface area contributed by atoms with Gasteiger partial charge in [-0.25, -0.2) is 0 Å². The van der Waals surface area contributed by atoms with Crippen LogP contribution < -0.4 is 0 Å². The maximum atomic E-state index is 9.04. The quantitative estimate of drug-likeness (QED) is 0.428. The Labute approximate surface area is 141 Å². The fourth-order valence-corrected chi connectivity index (χ4v) is 2.04. The maximum Gasteiger partial charge on any atom is 0.135 e. The molecule has 2 rings (SSSR count). The Bertz CT molecular complexity index is 558. The Morgan fingerprint density at radius 1 is 0.650 bits per heavy atom. The minimum atomic E-state index is -0.135. The van der Waals surface area contributed by atoms with Gasteiger partial charge in [0, 0.05) is 12.1 Å². The van der Waals surface area contributed by atoms with E-state index in [0.29, 0.717) is 8.95 Å². The molecule has 0 unspecified atom stereocenters. The van der Waals surface area contributed by atoms with E-state index in [9.17, 15) is 0 Å². The molecule has 2 aromatic rings. The zero-order chi connectivity index (χ0) is 15.4. The van der Waals surface area contributed by atoms with Crippen LogP contribution in [-0.4, -0.2) is 20.4 Å². The number of rotatable bonds is 0. The molecular formula is C12H8Br2Cl2O4. The average molecular weight is 447 g/mol. The topological polar surface area (TPSA) is 80.9 Å². The van der Waals surface area contributed by atoms with Gasteiger partial charge in [-0.15, -0.1) is 0 Å². The third-order valence-electron chi connectivity index (χ3n) is 2.06. The van der Waals surface area contributed by atoms with Crippen molar-refractivity contribution in [3.05, 3.63) is 43.3 Å². The number of hydrogen-bond acceptors (Lipinski definition) is 4. The predicted molar refractivity (Wildman–Crippen MR) is 85.0 cm³/mol. The molecule has 0 amide bonds. The van der Waals surface area contributed by atoms with Crippen LogP contribution in [0.3, 0.4) is 0 Å². The summed E-state index contributed by atoms with van der Waals surface area (Å²) in [6.45, 7) is 0. The molecule has 108 valence electrons. The first-order valence-electron chi connectivity index (χ1n) is 4.97. The number of phenolic OH excluding ortho intramolecular Hbond substituents is 4. The summed E-state index contributed by atoms with van der Waals surface area (Å²) in [7, 11) is 0. The van der Waals surface area contributed by atoms with Crippen LogP contribution >= 0.6 is 55.1 Å². The van der Waals surface area contributed by atoms with Gasteiger partial charge in [-0.3, -0.25) is 0 Å². The lowest BCUT2D eigenvalue weighted by molar-refractivity contribution is 0.454. The van der Waals surface area contributed by atoms with Crippen molar-refractivity contribution in [1.29, 1.82) is 0 Å². The molecule has 0 aromatic heterocycles. The standard InChI is InChI=1S/C6H4Br2O2.C6H4Cl2O2/c7-5-3(9)1-2-4(10)6(5)8;7-3-1-5(9)4(8)2-6(3)10/h2*1-2,9-10H. The van der Waals surface area contributed by atoms with Crippen molar-refractivity contribution in [2.45, 2.75) is 0 Å². The van der Waals surface area contributed by atoms with Crippen LogP contribution in [0.4, 0.5) is 0 Å². The van der Waals surface area contributed by atoms with Gasteiger partial charge in [0.1, 0.15) is 23.0 Å². The average Bonchev–Trinajstić information content (AvgIpc) is 2.39. The van der Waals surface area contributed by atoms with Crippen molar-refractivity contribution in [1.82, 2.24) is 0 Å². The van der Waals surface area contributed by atoms with E-state index in [-0.39, 0.29) is 33.0 Å². The van der Waals surface area contributed by atoms with Gasteiger partial charge in [-0.05, 0) is 44.0 Å². The van der Waals surface area contributed by atoms with Crippen LogP contribution in [0.1, 0.15) is 0 Å². The first kappa shape index (κ1) is 17.2. The van der Waals surface area contributed by atoms with Crippen LogP contribution in [0.2, 0.25) is 10.0 Å². The smallest absolute Gasteiger partial charge is 0.135 e. The van der Waals surface area contributed by atoms with Gasteiger partial charge < -0.3 is 20.4 Å². The van der Waals surface area contributed by atoms with Crippen LogP contribution in [0.5, 0.6) is 23.0 Å². The molecule has 2 aromatic carbocycles. The van der Waals surface area contributed by atoms with Crippen molar-refractivity contribution in [2.24, 2.45) is 0 Å². The van der Waals surface area contributed by atoms with E-state index in [2.05, 4.69) is 31.9 Å². The molecule has 0 atom stereocenters. The number of halogens is 4. The fourth-order valence-electron chi connectivity index (χ4n) is 1.05. The summed E-state index contributed by atoms with van der Waals surface area (Å²) in [6, 6.07) is 5.17. The third kappa shape index (κ3) is 4.34. The first-order valence-corrected chi connectivity index (χ1v) is 7.31. The number of phenols is 4. The first-order chi connectivity index (χ1) is 9.23. The molecule has 0 heterocycles. The lowest BCUT2D eigenvalue weighted by Gasteiger charge is -2.00. The summed E-state index contributed by atoms with van der Waals surface area (Å²) >= 11 is 17.0.